The maximum absolute atomic E-state index is 12.1. The lowest BCUT2D eigenvalue weighted by molar-refractivity contribution is -0.121. The molecule has 0 fully saturated rings. The number of amides is 1. The minimum Gasteiger partial charge on any atom is -0.494 e. The van der Waals surface area contributed by atoms with Crippen molar-refractivity contribution in [3.8, 4) is 5.75 Å². The molecule has 1 amide bonds. The first-order valence-corrected chi connectivity index (χ1v) is 10.5. The van der Waals surface area contributed by atoms with Gasteiger partial charge in [-0.3, -0.25) is 9.59 Å². The lowest BCUT2D eigenvalue weighted by atomic mass is 10.1. The highest BCUT2D eigenvalue weighted by Crippen LogP contribution is 2.27. The van der Waals surface area contributed by atoms with Gasteiger partial charge in [0.25, 0.3) is 0 Å². The molecule has 0 bridgehead atoms. The van der Waals surface area contributed by atoms with Gasteiger partial charge in [0.2, 0.25) is 5.91 Å². The van der Waals surface area contributed by atoms with E-state index in [4.69, 9.17) is 4.74 Å². The summed E-state index contributed by atoms with van der Waals surface area (Å²) in [6, 6.07) is 7.57. The molecule has 0 aliphatic heterocycles. The van der Waals surface area contributed by atoms with Crippen molar-refractivity contribution in [2.45, 2.75) is 65.0 Å². The fourth-order valence-corrected chi connectivity index (χ4v) is 3.52. The van der Waals surface area contributed by atoms with Gasteiger partial charge in [-0.25, -0.2) is 5.43 Å². The number of nitrogens with zero attached hydrogens (tertiary/aromatic N) is 1. The van der Waals surface area contributed by atoms with E-state index in [1.807, 2.05) is 38.1 Å². The van der Waals surface area contributed by atoms with Crippen LogP contribution in [0.25, 0.3) is 0 Å². The molecule has 0 heterocycles. The lowest BCUT2D eigenvalue weighted by Crippen LogP contribution is -2.28. The highest BCUT2D eigenvalue weighted by atomic mass is 32.2. The van der Waals surface area contributed by atoms with Crippen LogP contribution in [0.3, 0.4) is 0 Å². The summed E-state index contributed by atoms with van der Waals surface area (Å²) in [6.07, 6.45) is 2.30. The number of carbonyl (C=O) groups is 2. The molecule has 0 atom stereocenters. The van der Waals surface area contributed by atoms with Crippen molar-refractivity contribution in [2.75, 3.05) is 12.4 Å². The van der Waals surface area contributed by atoms with Crippen LogP contribution in [0.5, 0.6) is 5.75 Å². The molecule has 0 radical (unpaired) electrons. The van der Waals surface area contributed by atoms with Crippen molar-refractivity contribution in [2.24, 2.45) is 5.10 Å². The van der Waals surface area contributed by atoms with Gasteiger partial charge in [0.1, 0.15) is 11.5 Å². The third kappa shape index (κ3) is 9.61. The van der Waals surface area contributed by atoms with Crippen molar-refractivity contribution in [1.82, 2.24) is 5.43 Å². The number of hydrogen-bond donors (Lipinski definition) is 1. The molecule has 0 aliphatic rings. The van der Waals surface area contributed by atoms with E-state index in [1.165, 1.54) is 0 Å². The maximum atomic E-state index is 12.1. The van der Waals surface area contributed by atoms with Crippen LogP contribution >= 0.6 is 11.8 Å². The summed E-state index contributed by atoms with van der Waals surface area (Å²) in [7, 11) is 0. The molecule has 1 aromatic rings. The molecule has 0 spiro atoms. The average Bonchev–Trinajstić information content (AvgIpc) is 2.63. The third-order valence-corrected chi connectivity index (χ3v) is 5.22. The Morgan fingerprint density at radius 1 is 1.19 bits per heavy atom. The third-order valence-electron chi connectivity index (χ3n) is 4.00. The Bertz CT molecular complexity index is 639. The van der Waals surface area contributed by atoms with E-state index in [9.17, 15) is 9.59 Å². The molecule has 0 aromatic heterocycles. The monoisotopic (exact) mass is 392 g/mol. The molecule has 150 valence electrons. The number of thioether (sulfide) groups is 1. The van der Waals surface area contributed by atoms with Gasteiger partial charge in [0.05, 0.1) is 12.3 Å². The molecule has 0 aliphatic carbocycles. The molecule has 0 saturated carbocycles. The van der Waals surface area contributed by atoms with Crippen LogP contribution in [0.4, 0.5) is 0 Å². The zero-order valence-electron chi connectivity index (χ0n) is 17.1. The summed E-state index contributed by atoms with van der Waals surface area (Å²) in [5.74, 6) is 1.92. The number of Topliss-reactive ketones (excluding diaryl/α,β-unsaturated/α-hetero) is 1. The maximum Gasteiger partial charge on any atom is 0.241 e. The van der Waals surface area contributed by atoms with E-state index in [2.05, 4.69) is 31.3 Å². The molecular formula is C21H32N2O3S. The molecule has 27 heavy (non-hydrogen) atoms. The predicted molar refractivity (Wildman–Crippen MR) is 114 cm³/mol. The molecule has 0 saturated heterocycles. The first-order valence-electron chi connectivity index (χ1n) is 9.49. The number of nitrogens with one attached hydrogen (secondary N) is 1. The van der Waals surface area contributed by atoms with Crippen molar-refractivity contribution >= 4 is 29.2 Å². The van der Waals surface area contributed by atoms with Crippen LogP contribution in [0.15, 0.2) is 29.4 Å². The van der Waals surface area contributed by atoms with Gasteiger partial charge in [-0.05, 0) is 48.9 Å². The number of carbonyl (C=O) groups excluding carboxylic acids is 2. The van der Waals surface area contributed by atoms with Gasteiger partial charge in [-0.15, -0.1) is 0 Å². The molecule has 1 aromatic carbocycles. The first kappa shape index (κ1) is 23.2. The largest absolute Gasteiger partial charge is 0.494 e. The van der Waals surface area contributed by atoms with Crippen LogP contribution in [0.2, 0.25) is 0 Å². The summed E-state index contributed by atoms with van der Waals surface area (Å²) < 4.78 is 5.55. The fourth-order valence-electron chi connectivity index (χ4n) is 2.51. The zero-order chi connectivity index (χ0) is 20.3. The van der Waals surface area contributed by atoms with Gasteiger partial charge in [0, 0.05) is 24.0 Å². The molecule has 1 N–H and O–H groups in total. The van der Waals surface area contributed by atoms with Crippen molar-refractivity contribution in [3.05, 3.63) is 29.8 Å². The molecule has 1 rings (SSSR count). The second-order valence-corrected chi connectivity index (χ2v) is 8.94. The summed E-state index contributed by atoms with van der Waals surface area (Å²) >= 11 is 1.76. The van der Waals surface area contributed by atoms with Gasteiger partial charge in [-0.1, -0.05) is 27.7 Å². The van der Waals surface area contributed by atoms with Gasteiger partial charge >= 0.3 is 0 Å². The second kappa shape index (κ2) is 11.8. The minimum absolute atomic E-state index is 0.0816. The Hall–Kier alpha value is -1.82. The quantitative estimate of drug-likeness (QED) is 0.321. The van der Waals surface area contributed by atoms with Crippen molar-refractivity contribution < 1.29 is 14.3 Å². The van der Waals surface area contributed by atoms with Gasteiger partial charge < -0.3 is 4.74 Å². The van der Waals surface area contributed by atoms with E-state index in [1.54, 1.807) is 11.8 Å². The standard InChI is InChI=1S/C21H32N2O3S/c1-6-18(24)9-8-14-26-19-12-10-17(11-13-19)16(3)22-23-20(25)15-21(4,5)27-7-2/h10-13H,6-9,14-15H2,1-5H3,(H,23,25)/b22-16-. The van der Waals surface area contributed by atoms with Gasteiger partial charge in [-0.2, -0.15) is 16.9 Å². The Balaban J connectivity index is 2.48. The lowest BCUT2D eigenvalue weighted by Gasteiger charge is -2.21. The topological polar surface area (TPSA) is 67.8 Å². The summed E-state index contributed by atoms with van der Waals surface area (Å²) in [5.41, 5.74) is 4.30. The Morgan fingerprint density at radius 3 is 2.44 bits per heavy atom. The molecule has 0 unspecified atom stereocenters. The predicted octanol–water partition coefficient (Wildman–Crippen LogP) is 4.59. The fraction of sp³-hybridized carbons (Fsp3) is 0.571. The Labute approximate surface area is 167 Å². The number of ether oxygens (including phenoxy) is 1. The van der Waals surface area contributed by atoms with Crippen LogP contribution in [-0.2, 0) is 9.59 Å². The normalized spacial score (nSPS) is 12.0. The number of rotatable bonds is 12. The van der Waals surface area contributed by atoms with E-state index in [0.717, 1.165) is 29.2 Å². The number of benzene rings is 1. The molecular weight excluding hydrogens is 360 g/mol. The molecule has 5 nitrogen and oxygen atoms in total. The summed E-state index contributed by atoms with van der Waals surface area (Å²) in [4.78, 5) is 23.3. The van der Waals surface area contributed by atoms with E-state index in [-0.39, 0.29) is 16.4 Å². The number of hydrogen-bond acceptors (Lipinski definition) is 5. The van der Waals surface area contributed by atoms with E-state index in [0.29, 0.717) is 25.9 Å². The summed E-state index contributed by atoms with van der Waals surface area (Å²) in [5, 5.41) is 4.20. The highest BCUT2D eigenvalue weighted by molar-refractivity contribution is 8.00. The zero-order valence-corrected chi connectivity index (χ0v) is 17.9. The number of ketones is 1. The Kier molecular flexibility index (Phi) is 10.1. The second-order valence-electron chi connectivity index (χ2n) is 6.97. The van der Waals surface area contributed by atoms with E-state index < -0.39 is 0 Å². The van der Waals surface area contributed by atoms with Crippen molar-refractivity contribution in [1.29, 1.82) is 0 Å². The van der Waals surface area contributed by atoms with Crippen molar-refractivity contribution in [3.63, 3.8) is 0 Å². The number of hydrazone groups is 1. The Morgan fingerprint density at radius 2 is 1.85 bits per heavy atom. The smallest absolute Gasteiger partial charge is 0.241 e. The first-order chi connectivity index (χ1) is 12.8. The van der Waals surface area contributed by atoms with E-state index >= 15 is 0 Å². The molecule has 6 heteroatoms. The van der Waals surface area contributed by atoms with Crippen LogP contribution in [0, 0.1) is 0 Å². The highest BCUT2D eigenvalue weighted by Gasteiger charge is 2.21. The average molecular weight is 393 g/mol. The minimum atomic E-state index is -0.0943. The van der Waals surface area contributed by atoms with Gasteiger partial charge in [0.15, 0.2) is 0 Å². The summed E-state index contributed by atoms with van der Waals surface area (Å²) in [6.45, 7) is 10.5. The van der Waals surface area contributed by atoms with Crippen LogP contribution in [0.1, 0.15) is 65.9 Å². The van der Waals surface area contributed by atoms with Crippen LogP contribution in [-0.4, -0.2) is 34.5 Å². The van der Waals surface area contributed by atoms with Crippen LogP contribution < -0.4 is 10.2 Å². The SMILES string of the molecule is CCSC(C)(C)CC(=O)N/N=C(/C)c1ccc(OCCCC(=O)CC)cc1.